The molecule has 13 heteroatoms. The highest BCUT2D eigenvalue weighted by molar-refractivity contribution is 5.78. The number of halogens is 4. The molecule has 0 spiro atoms. The quantitative estimate of drug-likeness (QED) is 0.385. The zero-order chi connectivity index (χ0) is 27.0. The van der Waals surface area contributed by atoms with Crippen LogP contribution in [0.2, 0.25) is 0 Å². The molecule has 0 saturated heterocycles. The smallest absolute Gasteiger partial charge is 0.248 e. The van der Waals surface area contributed by atoms with Gasteiger partial charge in [0.15, 0.2) is 17.3 Å². The third-order valence-electron chi connectivity index (χ3n) is 7.36. The van der Waals surface area contributed by atoms with Gasteiger partial charge in [-0.05, 0) is 50.7 Å². The Morgan fingerprint density at radius 2 is 1.74 bits per heavy atom. The zero-order valence-electron chi connectivity index (χ0n) is 20.4. The molecule has 0 aliphatic heterocycles. The summed E-state index contributed by atoms with van der Waals surface area (Å²) in [6.07, 6.45) is 3.74. The van der Waals surface area contributed by atoms with Crippen LogP contribution in [0.1, 0.15) is 63.0 Å². The highest BCUT2D eigenvalue weighted by Crippen LogP contribution is 2.38. The van der Waals surface area contributed by atoms with Crippen molar-refractivity contribution < 1.29 is 22.4 Å². The van der Waals surface area contributed by atoms with Gasteiger partial charge >= 0.3 is 0 Å². The lowest BCUT2D eigenvalue weighted by molar-refractivity contribution is -0.122. The number of rotatable bonds is 6. The predicted octanol–water partition coefficient (Wildman–Crippen LogP) is 4.93. The third-order valence-corrected chi connectivity index (χ3v) is 7.36. The van der Waals surface area contributed by atoms with E-state index in [-0.39, 0.29) is 67.1 Å². The number of hydrogen-bond acceptors (Lipinski definition) is 7. The van der Waals surface area contributed by atoms with Crippen molar-refractivity contribution in [3.05, 3.63) is 35.5 Å². The van der Waals surface area contributed by atoms with Gasteiger partial charge in [-0.2, -0.15) is 10.2 Å². The normalized spacial score (nSPS) is 21.7. The fraction of sp³-hybridized carbons (Fsp3) is 0.480. The summed E-state index contributed by atoms with van der Waals surface area (Å²) >= 11 is 0. The monoisotopic (exact) mass is 530 g/mol. The number of anilines is 3. The Labute approximate surface area is 215 Å². The Balaban J connectivity index is 1.50. The Morgan fingerprint density at radius 3 is 2.34 bits per heavy atom. The number of nitrogens with two attached hydrogens (primary N) is 1. The van der Waals surface area contributed by atoms with Crippen molar-refractivity contribution >= 4 is 34.7 Å². The average molecular weight is 531 g/mol. The Kier molecular flexibility index (Phi) is 6.81. The lowest BCUT2D eigenvalue weighted by Gasteiger charge is -2.29. The lowest BCUT2D eigenvalue weighted by Crippen LogP contribution is -2.32. The second kappa shape index (κ2) is 10.1. The maximum atomic E-state index is 14.7. The van der Waals surface area contributed by atoms with Crippen LogP contribution in [0.4, 0.5) is 35.1 Å². The highest BCUT2D eigenvalue weighted by atomic mass is 19.3. The van der Waals surface area contributed by atoms with Gasteiger partial charge in [-0.1, -0.05) is 0 Å². The van der Waals surface area contributed by atoms with Crippen LogP contribution in [0.15, 0.2) is 18.3 Å². The molecule has 2 aliphatic carbocycles. The maximum absolute atomic E-state index is 14.7. The Bertz CT molecular complexity index is 1380. The van der Waals surface area contributed by atoms with Crippen LogP contribution in [0, 0.1) is 28.9 Å². The zero-order valence-corrected chi connectivity index (χ0v) is 20.4. The second-order valence-electron chi connectivity index (χ2n) is 9.94. The standard InChI is InChI=1S/C25H26F4N8O/c26-17-9-13(11-30)10-18(27)20(17)35-24-34-19-12-32-23(33-15-5-7-25(28,29)8-6-15)36-22(19)37(24)16-3-1-14(2-4-16)21(31)38/h9-10,12,14-16H,1-8H2,(H2,31,38)(H,34,35)(H,32,33,36)/t14-,16-. The van der Waals surface area contributed by atoms with Crippen LogP contribution < -0.4 is 16.4 Å². The summed E-state index contributed by atoms with van der Waals surface area (Å²) in [6.45, 7) is 0. The number of nitrogens with zero attached hydrogens (tertiary/aromatic N) is 5. The van der Waals surface area contributed by atoms with Gasteiger partial charge in [0, 0.05) is 30.8 Å². The van der Waals surface area contributed by atoms with Crippen molar-refractivity contribution in [2.24, 2.45) is 11.7 Å². The number of nitriles is 1. The summed E-state index contributed by atoms with van der Waals surface area (Å²) in [5, 5.41) is 14.8. The third kappa shape index (κ3) is 5.20. The molecule has 1 amide bonds. The molecule has 2 heterocycles. The Hall–Kier alpha value is -3.95. The van der Waals surface area contributed by atoms with Crippen molar-refractivity contribution in [1.82, 2.24) is 19.5 Å². The molecule has 2 aliphatic rings. The first-order chi connectivity index (χ1) is 18.1. The van der Waals surface area contributed by atoms with Gasteiger partial charge in [0.05, 0.1) is 17.8 Å². The summed E-state index contributed by atoms with van der Waals surface area (Å²) in [4.78, 5) is 25.0. The largest absolute Gasteiger partial charge is 0.369 e. The number of hydrogen-bond donors (Lipinski definition) is 3. The molecule has 5 rings (SSSR count). The molecule has 4 N–H and O–H groups in total. The molecular formula is C25H26F4N8O. The molecule has 0 atom stereocenters. The minimum absolute atomic E-state index is 0.119. The molecule has 38 heavy (non-hydrogen) atoms. The average Bonchev–Trinajstić information content (AvgIpc) is 3.24. The second-order valence-corrected chi connectivity index (χ2v) is 9.94. The number of amides is 1. The summed E-state index contributed by atoms with van der Waals surface area (Å²) < 4.78 is 58.3. The van der Waals surface area contributed by atoms with E-state index >= 15 is 0 Å². The first-order valence-electron chi connectivity index (χ1n) is 12.5. The number of aromatic nitrogens is 4. The van der Waals surface area contributed by atoms with Crippen LogP contribution in [-0.4, -0.2) is 37.4 Å². The van der Waals surface area contributed by atoms with Gasteiger partial charge in [0.25, 0.3) is 0 Å². The van der Waals surface area contributed by atoms with Crippen molar-refractivity contribution in [1.29, 1.82) is 5.26 Å². The van der Waals surface area contributed by atoms with Crippen LogP contribution in [0.25, 0.3) is 11.2 Å². The molecule has 2 aromatic heterocycles. The number of benzene rings is 1. The van der Waals surface area contributed by atoms with E-state index in [2.05, 4.69) is 25.6 Å². The molecule has 0 unspecified atom stereocenters. The SMILES string of the molecule is N#Cc1cc(F)c(Nc2nc3cnc(NC4CCC(F)(F)CC4)nc3n2[C@H]2CC[C@H](C(N)=O)CC2)c(F)c1. The lowest BCUT2D eigenvalue weighted by atomic mass is 9.85. The van der Waals surface area contributed by atoms with Crippen molar-refractivity contribution in [3.63, 3.8) is 0 Å². The highest BCUT2D eigenvalue weighted by Gasteiger charge is 2.35. The van der Waals surface area contributed by atoms with E-state index in [9.17, 15) is 22.4 Å². The molecule has 2 saturated carbocycles. The van der Waals surface area contributed by atoms with E-state index < -0.39 is 23.2 Å². The molecule has 9 nitrogen and oxygen atoms in total. The summed E-state index contributed by atoms with van der Waals surface area (Å²) in [6, 6.07) is 3.13. The van der Waals surface area contributed by atoms with E-state index in [1.165, 1.54) is 6.20 Å². The van der Waals surface area contributed by atoms with Crippen LogP contribution in [0.5, 0.6) is 0 Å². The van der Waals surface area contributed by atoms with Gasteiger partial charge in [0.2, 0.25) is 23.7 Å². The molecule has 2 fully saturated rings. The fourth-order valence-electron chi connectivity index (χ4n) is 5.25. The summed E-state index contributed by atoms with van der Waals surface area (Å²) in [5.74, 6) is -4.86. The molecule has 200 valence electrons. The number of fused-ring (bicyclic) bond motifs is 1. The number of primary amides is 1. The van der Waals surface area contributed by atoms with Crippen molar-refractivity contribution in [2.75, 3.05) is 10.6 Å². The number of carbonyl (C=O) groups excluding carboxylic acids is 1. The van der Waals surface area contributed by atoms with E-state index in [4.69, 9.17) is 11.0 Å². The number of alkyl halides is 2. The van der Waals surface area contributed by atoms with Crippen LogP contribution in [-0.2, 0) is 4.79 Å². The van der Waals surface area contributed by atoms with Gasteiger partial charge in [-0.25, -0.2) is 27.5 Å². The predicted molar refractivity (Wildman–Crippen MR) is 131 cm³/mol. The summed E-state index contributed by atoms with van der Waals surface area (Å²) in [7, 11) is 0. The minimum atomic E-state index is -2.66. The van der Waals surface area contributed by atoms with Crippen molar-refractivity contribution in [2.45, 2.75) is 69.4 Å². The fourth-order valence-corrected chi connectivity index (χ4v) is 5.25. The first kappa shape index (κ1) is 25.7. The molecule has 3 aromatic rings. The number of carbonyl (C=O) groups is 1. The summed E-state index contributed by atoms with van der Waals surface area (Å²) in [5.41, 5.74) is 5.60. The topological polar surface area (TPSA) is 135 Å². The van der Waals surface area contributed by atoms with Crippen molar-refractivity contribution in [3.8, 4) is 6.07 Å². The number of imidazole rings is 1. The van der Waals surface area contributed by atoms with Gasteiger partial charge in [-0.15, -0.1) is 0 Å². The van der Waals surface area contributed by atoms with Gasteiger partial charge < -0.3 is 16.4 Å². The number of nitrogens with one attached hydrogen (secondary N) is 2. The molecule has 0 radical (unpaired) electrons. The van der Waals surface area contributed by atoms with E-state index in [0.29, 0.717) is 36.8 Å². The van der Waals surface area contributed by atoms with Crippen LogP contribution in [0.3, 0.4) is 0 Å². The molecular weight excluding hydrogens is 504 g/mol. The molecule has 1 aromatic carbocycles. The Morgan fingerprint density at radius 1 is 1.08 bits per heavy atom. The van der Waals surface area contributed by atoms with E-state index in [1.807, 2.05) is 0 Å². The molecule has 0 bridgehead atoms. The minimum Gasteiger partial charge on any atom is -0.369 e. The van der Waals surface area contributed by atoms with Gasteiger partial charge in [0.1, 0.15) is 11.2 Å². The maximum Gasteiger partial charge on any atom is 0.248 e. The van der Waals surface area contributed by atoms with Crippen LogP contribution >= 0.6 is 0 Å². The van der Waals surface area contributed by atoms with E-state index in [1.54, 1.807) is 10.6 Å². The first-order valence-corrected chi connectivity index (χ1v) is 12.5. The van der Waals surface area contributed by atoms with Gasteiger partial charge in [-0.3, -0.25) is 9.36 Å². The van der Waals surface area contributed by atoms with E-state index in [0.717, 1.165) is 12.1 Å².